The molecule has 2 heterocycles. The van der Waals surface area contributed by atoms with Gasteiger partial charge in [0.15, 0.2) is 0 Å². The van der Waals surface area contributed by atoms with Crippen molar-refractivity contribution in [1.29, 1.82) is 0 Å². The van der Waals surface area contributed by atoms with Crippen LogP contribution in [0.25, 0.3) is 84.1 Å². The second-order valence-electron chi connectivity index (χ2n) is 15.7. The Hall–Kier alpha value is -6.26. The van der Waals surface area contributed by atoms with E-state index in [1.807, 2.05) is 22.7 Å². The Labute approximate surface area is 333 Å². The highest BCUT2D eigenvalue weighted by Crippen LogP contribution is 2.53. The van der Waals surface area contributed by atoms with E-state index in [0.29, 0.717) is 0 Å². The van der Waals surface area contributed by atoms with E-state index in [2.05, 4.69) is 195 Å². The minimum Gasteiger partial charge on any atom is -0.310 e. The van der Waals surface area contributed by atoms with Crippen LogP contribution in [-0.4, -0.2) is 0 Å². The molecule has 0 saturated heterocycles. The molecule has 3 heteroatoms. The number of nitrogens with zero attached hydrogens (tertiary/aromatic N) is 1. The van der Waals surface area contributed by atoms with E-state index in [-0.39, 0.29) is 5.41 Å². The van der Waals surface area contributed by atoms with Gasteiger partial charge in [-0.25, -0.2) is 0 Å². The van der Waals surface area contributed by atoms with Gasteiger partial charge in [0.2, 0.25) is 0 Å². The van der Waals surface area contributed by atoms with Crippen molar-refractivity contribution in [2.75, 3.05) is 4.90 Å². The number of hydrogen-bond donors (Lipinski definition) is 0. The summed E-state index contributed by atoms with van der Waals surface area (Å²) in [4.78, 5) is 2.51. The summed E-state index contributed by atoms with van der Waals surface area (Å²) in [7, 11) is 0. The molecule has 1 aliphatic carbocycles. The van der Waals surface area contributed by atoms with E-state index in [1.54, 1.807) is 0 Å². The Kier molecular flexibility index (Phi) is 6.79. The first-order valence-corrected chi connectivity index (χ1v) is 21.0. The Morgan fingerprint density at radius 2 is 1.09 bits per heavy atom. The van der Waals surface area contributed by atoms with Crippen molar-refractivity contribution < 1.29 is 0 Å². The van der Waals surface area contributed by atoms with Crippen LogP contribution in [0.2, 0.25) is 0 Å². The molecule has 0 bridgehead atoms. The van der Waals surface area contributed by atoms with Crippen molar-refractivity contribution in [3.63, 3.8) is 0 Å². The lowest BCUT2D eigenvalue weighted by molar-refractivity contribution is 0.660. The van der Waals surface area contributed by atoms with Crippen molar-refractivity contribution in [3.8, 4) is 22.3 Å². The monoisotopic (exact) mass is 749 g/mol. The Morgan fingerprint density at radius 1 is 0.411 bits per heavy atom. The van der Waals surface area contributed by atoms with Crippen LogP contribution >= 0.6 is 22.7 Å². The molecule has 0 saturated carbocycles. The van der Waals surface area contributed by atoms with Gasteiger partial charge in [0.1, 0.15) is 0 Å². The van der Waals surface area contributed by atoms with Crippen LogP contribution in [0.5, 0.6) is 0 Å². The summed E-state index contributed by atoms with van der Waals surface area (Å²) in [5.41, 5.74) is 11.3. The molecule has 0 fully saturated rings. The predicted molar refractivity (Wildman–Crippen MR) is 245 cm³/mol. The second kappa shape index (κ2) is 11.9. The summed E-state index contributed by atoms with van der Waals surface area (Å²) in [5.74, 6) is 0. The summed E-state index contributed by atoms with van der Waals surface area (Å²) >= 11 is 3.83. The fourth-order valence-corrected chi connectivity index (χ4v) is 11.9. The average molecular weight is 750 g/mol. The Balaban J connectivity index is 1.11. The van der Waals surface area contributed by atoms with Gasteiger partial charge in [0, 0.05) is 57.1 Å². The minimum absolute atomic E-state index is 0.112. The lowest BCUT2D eigenvalue weighted by atomic mass is 9.82. The summed E-state index contributed by atoms with van der Waals surface area (Å²) in [6.07, 6.45) is 0. The van der Waals surface area contributed by atoms with Crippen molar-refractivity contribution in [2.45, 2.75) is 19.3 Å². The molecule has 1 aliphatic rings. The summed E-state index contributed by atoms with van der Waals surface area (Å²) in [6.45, 7) is 4.75. The van der Waals surface area contributed by atoms with Gasteiger partial charge < -0.3 is 4.90 Å². The molecule has 9 aromatic carbocycles. The van der Waals surface area contributed by atoms with Gasteiger partial charge in [-0.05, 0) is 110 Å². The smallest absolute Gasteiger partial charge is 0.0555 e. The van der Waals surface area contributed by atoms with Crippen molar-refractivity contribution in [2.24, 2.45) is 0 Å². The van der Waals surface area contributed by atoms with Gasteiger partial charge in [-0.15, -0.1) is 22.7 Å². The van der Waals surface area contributed by atoms with Crippen LogP contribution in [0.4, 0.5) is 17.1 Å². The average Bonchev–Trinajstić information content (AvgIpc) is 3.89. The van der Waals surface area contributed by atoms with E-state index < -0.39 is 0 Å². The molecule has 0 spiro atoms. The maximum Gasteiger partial charge on any atom is 0.0555 e. The number of hydrogen-bond acceptors (Lipinski definition) is 3. The third-order valence-electron chi connectivity index (χ3n) is 12.2. The fraction of sp³-hybridized carbons (Fsp3) is 0.0566. The molecule has 1 nitrogen and oxygen atoms in total. The molecule has 0 aliphatic heterocycles. The number of rotatable bonds is 4. The van der Waals surface area contributed by atoms with Gasteiger partial charge >= 0.3 is 0 Å². The molecule has 56 heavy (non-hydrogen) atoms. The van der Waals surface area contributed by atoms with Crippen molar-refractivity contribution >= 4 is 102 Å². The first-order valence-electron chi connectivity index (χ1n) is 19.3. The van der Waals surface area contributed by atoms with Gasteiger partial charge in [0.05, 0.1) is 5.69 Å². The molecule has 0 unspecified atom stereocenters. The Bertz CT molecular complexity index is 3400. The summed E-state index contributed by atoms with van der Waals surface area (Å²) in [5, 5.41) is 10.5. The standard InChI is InChI=1S/C53H35NS2/c1-53(2)43-15-8-7-14-40(43)41-27-25-38(31-44(41)53)54(37-23-20-33(21-24-37)36-19-18-32-10-3-4-12-35(32)30-36)45-16-9-17-46-50(45)51-48(55-46)29-28-47-49(51)42-26-22-34-11-5-6-13-39(34)52(42)56-47/h3-31H,1-2H3. The lowest BCUT2D eigenvalue weighted by Gasteiger charge is -2.29. The molecule has 2 aromatic heterocycles. The largest absolute Gasteiger partial charge is 0.310 e. The third kappa shape index (κ3) is 4.59. The Morgan fingerprint density at radius 3 is 1.96 bits per heavy atom. The zero-order chi connectivity index (χ0) is 37.1. The molecule has 264 valence electrons. The normalized spacial score (nSPS) is 13.3. The van der Waals surface area contributed by atoms with E-state index >= 15 is 0 Å². The van der Waals surface area contributed by atoms with Gasteiger partial charge in [0.25, 0.3) is 0 Å². The molecular weight excluding hydrogens is 715 g/mol. The van der Waals surface area contributed by atoms with Crippen LogP contribution in [0.3, 0.4) is 0 Å². The quantitative estimate of drug-likeness (QED) is 0.173. The second-order valence-corrected chi connectivity index (χ2v) is 17.8. The molecule has 0 amide bonds. The third-order valence-corrected chi connectivity index (χ3v) is 14.6. The molecule has 12 rings (SSSR count). The predicted octanol–water partition coefficient (Wildman–Crippen LogP) is 16.2. The zero-order valence-electron chi connectivity index (χ0n) is 31.0. The number of fused-ring (bicyclic) bond motifs is 13. The molecule has 0 N–H and O–H groups in total. The van der Waals surface area contributed by atoms with Crippen LogP contribution < -0.4 is 4.90 Å². The number of benzene rings is 9. The first-order chi connectivity index (χ1) is 27.5. The number of thiophene rings is 2. The first kappa shape index (κ1) is 32.0. The highest BCUT2D eigenvalue weighted by Gasteiger charge is 2.36. The SMILES string of the molecule is CC1(C)c2ccccc2-c2ccc(N(c3ccc(-c4ccc5ccccc5c4)cc3)c3cccc4sc5ccc6sc7c8ccccc8ccc7c6c5c34)cc21. The van der Waals surface area contributed by atoms with Crippen molar-refractivity contribution in [3.05, 3.63) is 187 Å². The summed E-state index contributed by atoms with van der Waals surface area (Å²) in [6, 6.07) is 65.7. The van der Waals surface area contributed by atoms with Gasteiger partial charge in [-0.2, -0.15) is 0 Å². The lowest BCUT2D eigenvalue weighted by Crippen LogP contribution is -2.16. The molecule has 11 aromatic rings. The van der Waals surface area contributed by atoms with Crippen LogP contribution in [0, 0.1) is 0 Å². The molecule has 0 radical (unpaired) electrons. The van der Waals surface area contributed by atoms with Crippen LogP contribution in [0.15, 0.2) is 176 Å². The molecular formula is C53H35NS2. The van der Waals surface area contributed by atoms with E-state index in [4.69, 9.17) is 0 Å². The maximum absolute atomic E-state index is 2.51. The topological polar surface area (TPSA) is 3.24 Å². The van der Waals surface area contributed by atoms with Crippen LogP contribution in [-0.2, 0) is 5.41 Å². The van der Waals surface area contributed by atoms with E-state index in [9.17, 15) is 0 Å². The van der Waals surface area contributed by atoms with E-state index in [1.165, 1.54) is 107 Å². The van der Waals surface area contributed by atoms with E-state index in [0.717, 1.165) is 5.69 Å². The van der Waals surface area contributed by atoms with Crippen LogP contribution in [0.1, 0.15) is 25.0 Å². The number of anilines is 3. The summed E-state index contributed by atoms with van der Waals surface area (Å²) < 4.78 is 5.33. The highest BCUT2D eigenvalue weighted by atomic mass is 32.1. The maximum atomic E-state index is 2.51. The minimum atomic E-state index is -0.112. The fourth-order valence-electron chi connectivity index (χ4n) is 9.50. The zero-order valence-corrected chi connectivity index (χ0v) is 32.6. The van der Waals surface area contributed by atoms with Gasteiger partial charge in [-0.1, -0.05) is 135 Å². The highest BCUT2D eigenvalue weighted by molar-refractivity contribution is 7.28. The van der Waals surface area contributed by atoms with Gasteiger partial charge in [-0.3, -0.25) is 0 Å². The van der Waals surface area contributed by atoms with Crippen molar-refractivity contribution in [1.82, 2.24) is 0 Å². The molecule has 0 atom stereocenters.